The standard InChI is InChI=1S/C30H42O4/c1-10-27-15-29(25(7,31)24(4,5)6)17(3)30(29,33-9)23-28(27)14-26(16(2)22(26)27)13-18-11-12-19(32-8)21(34-23)20(18)28/h11-12,16-17,22-23,31H,10,13-15H2,1-9H3/t16-,17+,22+,23+,25?,26?,27+,28-,29+,30-/m0/s1. The fraction of sp³-hybridized carbons (Fsp3) is 0.800. The summed E-state index contributed by atoms with van der Waals surface area (Å²) in [5.74, 6) is 3.43. The second-order valence-corrected chi connectivity index (χ2v) is 14.2. The zero-order valence-electron chi connectivity index (χ0n) is 22.5. The Kier molecular flexibility index (Phi) is 3.57. The zero-order valence-corrected chi connectivity index (χ0v) is 22.5. The fourth-order valence-corrected chi connectivity index (χ4v) is 11.7. The molecule has 1 aliphatic heterocycles. The number of fused-ring (bicyclic) bond motifs is 3. The number of hydrogen-bond donors (Lipinski definition) is 1. The van der Waals surface area contributed by atoms with Gasteiger partial charge in [-0.05, 0) is 72.3 Å². The summed E-state index contributed by atoms with van der Waals surface area (Å²) < 4.78 is 19.7. The molecular weight excluding hydrogens is 424 g/mol. The summed E-state index contributed by atoms with van der Waals surface area (Å²) in [6.45, 7) is 15.9. The quantitative estimate of drug-likeness (QED) is 0.634. The van der Waals surface area contributed by atoms with Crippen LogP contribution in [-0.2, 0) is 16.6 Å². The van der Waals surface area contributed by atoms with Crippen molar-refractivity contribution >= 4 is 0 Å². The molecule has 0 radical (unpaired) electrons. The average molecular weight is 467 g/mol. The molecule has 0 amide bonds. The van der Waals surface area contributed by atoms with Crippen LogP contribution in [0.2, 0.25) is 0 Å². The van der Waals surface area contributed by atoms with Crippen LogP contribution in [0.25, 0.3) is 0 Å². The third-order valence-corrected chi connectivity index (χ3v) is 13.4. The van der Waals surface area contributed by atoms with Gasteiger partial charge in [0.05, 0.1) is 12.7 Å². The van der Waals surface area contributed by atoms with Crippen LogP contribution in [0.5, 0.6) is 11.5 Å². The summed E-state index contributed by atoms with van der Waals surface area (Å²) in [7, 11) is 3.63. The average Bonchev–Trinajstić information content (AvgIpc) is 3.39. The molecule has 1 aromatic carbocycles. The number of ether oxygens (including phenoxy) is 3. The Hall–Kier alpha value is -1.26. The van der Waals surface area contributed by atoms with Gasteiger partial charge in [0.25, 0.3) is 0 Å². The minimum atomic E-state index is -0.897. The van der Waals surface area contributed by atoms with Gasteiger partial charge in [-0.1, -0.05) is 47.6 Å². The summed E-state index contributed by atoms with van der Waals surface area (Å²) in [6, 6.07) is 4.44. The Bertz CT molecular complexity index is 1130. The number of hydrogen-bond acceptors (Lipinski definition) is 4. The lowest BCUT2D eigenvalue weighted by atomic mass is 9.44. The Morgan fingerprint density at radius 3 is 2.41 bits per heavy atom. The molecule has 4 nitrogen and oxygen atoms in total. The highest BCUT2D eigenvalue weighted by atomic mass is 16.6. The SMILES string of the molecule is CC[C@]12C[C@]3(C(C)(O)C(C)(C)C)[C@@H](C)[C@]3(OC)[C@@H]3Oc4c(OC)ccc5c4[C@@]31CC1(C5)[C@H]2[C@@H]1C. The first-order chi connectivity index (χ1) is 15.8. The first-order valence-electron chi connectivity index (χ1n) is 13.5. The van der Waals surface area contributed by atoms with E-state index in [0.29, 0.717) is 11.3 Å². The van der Waals surface area contributed by atoms with E-state index in [9.17, 15) is 5.11 Å². The number of aliphatic hydroxyl groups is 1. The molecule has 2 unspecified atom stereocenters. The topological polar surface area (TPSA) is 47.9 Å². The zero-order chi connectivity index (χ0) is 24.5. The maximum Gasteiger partial charge on any atom is 0.165 e. The molecule has 10 atom stereocenters. The van der Waals surface area contributed by atoms with E-state index in [1.807, 2.05) is 7.11 Å². The summed E-state index contributed by atoms with van der Waals surface area (Å²) >= 11 is 0. The smallest absolute Gasteiger partial charge is 0.165 e. The highest BCUT2D eigenvalue weighted by Crippen LogP contribution is 2.95. The molecular formula is C30H42O4. The van der Waals surface area contributed by atoms with Gasteiger partial charge < -0.3 is 19.3 Å². The van der Waals surface area contributed by atoms with Gasteiger partial charge in [0.1, 0.15) is 11.7 Å². The van der Waals surface area contributed by atoms with Crippen LogP contribution in [0, 0.1) is 39.4 Å². The van der Waals surface area contributed by atoms with Gasteiger partial charge in [0.2, 0.25) is 0 Å². The monoisotopic (exact) mass is 466 g/mol. The Labute approximate surface area is 204 Å². The van der Waals surface area contributed by atoms with Crippen molar-refractivity contribution in [2.45, 2.75) is 96.9 Å². The van der Waals surface area contributed by atoms with Crippen molar-refractivity contribution in [3.63, 3.8) is 0 Å². The van der Waals surface area contributed by atoms with Crippen LogP contribution in [0.15, 0.2) is 12.1 Å². The second kappa shape index (κ2) is 5.52. The first-order valence-corrected chi connectivity index (χ1v) is 13.5. The Morgan fingerprint density at radius 1 is 1.12 bits per heavy atom. The van der Waals surface area contributed by atoms with Crippen molar-refractivity contribution in [2.75, 3.05) is 14.2 Å². The highest BCUT2D eigenvalue weighted by Gasteiger charge is 2.98. The molecule has 1 N–H and O–H groups in total. The fourth-order valence-electron chi connectivity index (χ4n) is 11.7. The Balaban J connectivity index is 1.57. The van der Waals surface area contributed by atoms with Gasteiger partial charge in [0, 0.05) is 29.4 Å². The van der Waals surface area contributed by atoms with E-state index in [4.69, 9.17) is 14.2 Å². The molecule has 4 saturated carbocycles. The van der Waals surface area contributed by atoms with Crippen molar-refractivity contribution in [2.24, 2.45) is 39.4 Å². The number of rotatable bonds is 4. The number of benzene rings is 1. The van der Waals surface area contributed by atoms with Crippen LogP contribution in [0.3, 0.4) is 0 Å². The van der Waals surface area contributed by atoms with E-state index in [0.717, 1.165) is 36.7 Å². The van der Waals surface area contributed by atoms with E-state index >= 15 is 0 Å². The van der Waals surface area contributed by atoms with Gasteiger partial charge in [-0.25, -0.2) is 0 Å². The minimum Gasteiger partial charge on any atom is -0.493 e. The maximum absolute atomic E-state index is 12.5. The van der Waals surface area contributed by atoms with Gasteiger partial charge in [-0.3, -0.25) is 0 Å². The largest absolute Gasteiger partial charge is 0.493 e. The van der Waals surface area contributed by atoms with Gasteiger partial charge in [0.15, 0.2) is 11.5 Å². The molecule has 2 bridgehead atoms. The van der Waals surface area contributed by atoms with Gasteiger partial charge in [-0.15, -0.1) is 0 Å². The second-order valence-electron chi connectivity index (χ2n) is 14.2. The van der Waals surface area contributed by atoms with E-state index in [2.05, 4.69) is 60.6 Å². The van der Waals surface area contributed by atoms with Gasteiger partial charge in [-0.2, -0.15) is 0 Å². The molecule has 0 aromatic heterocycles. The molecule has 186 valence electrons. The lowest BCUT2D eigenvalue weighted by Gasteiger charge is -2.61. The molecule has 1 heterocycles. The molecule has 6 aliphatic rings. The predicted molar refractivity (Wildman–Crippen MR) is 131 cm³/mol. The van der Waals surface area contributed by atoms with E-state index in [-0.39, 0.29) is 33.7 Å². The molecule has 2 spiro atoms. The molecule has 1 aromatic rings. The van der Waals surface area contributed by atoms with Crippen LogP contribution >= 0.6 is 0 Å². The molecule has 5 aliphatic carbocycles. The van der Waals surface area contributed by atoms with Crippen LogP contribution in [0.4, 0.5) is 0 Å². The maximum atomic E-state index is 12.5. The van der Waals surface area contributed by atoms with Crippen molar-refractivity contribution in [3.05, 3.63) is 23.3 Å². The molecule has 7 rings (SSSR count). The van der Waals surface area contributed by atoms with Crippen molar-refractivity contribution < 1.29 is 19.3 Å². The normalized spacial score (nSPS) is 52.2. The van der Waals surface area contributed by atoms with Crippen LogP contribution in [0.1, 0.15) is 78.9 Å². The van der Waals surface area contributed by atoms with E-state index < -0.39 is 11.2 Å². The summed E-state index contributed by atoms with van der Waals surface area (Å²) in [5.41, 5.74) is 1.27. The van der Waals surface area contributed by atoms with Crippen molar-refractivity contribution in [1.82, 2.24) is 0 Å². The molecule has 4 heteroatoms. The summed E-state index contributed by atoms with van der Waals surface area (Å²) in [5, 5.41) is 12.5. The third kappa shape index (κ3) is 1.64. The highest BCUT2D eigenvalue weighted by molar-refractivity contribution is 5.67. The van der Waals surface area contributed by atoms with Crippen molar-refractivity contribution in [3.8, 4) is 11.5 Å². The van der Waals surface area contributed by atoms with Gasteiger partial charge >= 0.3 is 0 Å². The van der Waals surface area contributed by atoms with E-state index in [1.54, 1.807) is 7.11 Å². The van der Waals surface area contributed by atoms with Crippen LogP contribution in [-0.4, -0.2) is 36.6 Å². The van der Waals surface area contributed by atoms with Crippen LogP contribution < -0.4 is 9.47 Å². The van der Waals surface area contributed by atoms with E-state index in [1.165, 1.54) is 17.5 Å². The minimum absolute atomic E-state index is 0.0609. The summed E-state index contributed by atoms with van der Waals surface area (Å²) in [4.78, 5) is 0. The molecule has 0 saturated heterocycles. The Morgan fingerprint density at radius 2 is 1.82 bits per heavy atom. The van der Waals surface area contributed by atoms with Crippen molar-refractivity contribution in [1.29, 1.82) is 0 Å². The lowest BCUT2D eigenvalue weighted by Crippen LogP contribution is -2.68. The third-order valence-electron chi connectivity index (χ3n) is 13.4. The molecule has 4 fully saturated rings. The number of methoxy groups -OCH3 is 2. The molecule has 34 heavy (non-hydrogen) atoms. The lowest BCUT2D eigenvalue weighted by molar-refractivity contribution is -0.211. The first kappa shape index (κ1) is 22.0. The summed E-state index contributed by atoms with van der Waals surface area (Å²) in [6.07, 6.45) is 4.40. The predicted octanol–water partition coefficient (Wildman–Crippen LogP) is 5.52.